The van der Waals surface area contributed by atoms with Gasteiger partial charge in [-0.15, -0.1) is 0 Å². The Morgan fingerprint density at radius 2 is 1.70 bits per heavy atom. The molecule has 0 saturated heterocycles. The summed E-state index contributed by atoms with van der Waals surface area (Å²) < 4.78 is 1.82. The van der Waals surface area contributed by atoms with Crippen molar-refractivity contribution < 1.29 is 4.79 Å². The summed E-state index contributed by atoms with van der Waals surface area (Å²) in [7, 11) is 0. The van der Waals surface area contributed by atoms with Gasteiger partial charge in [0.1, 0.15) is 0 Å². The predicted molar refractivity (Wildman–Crippen MR) is 90.4 cm³/mol. The van der Waals surface area contributed by atoms with Crippen LogP contribution in [0.3, 0.4) is 0 Å². The second-order valence-corrected chi connectivity index (χ2v) is 6.24. The Kier molecular flexibility index (Phi) is 4.83. The molecule has 3 nitrogen and oxygen atoms in total. The van der Waals surface area contributed by atoms with Gasteiger partial charge in [-0.1, -0.05) is 28.1 Å². The third kappa shape index (κ3) is 3.84. The number of halogens is 2. The van der Waals surface area contributed by atoms with E-state index < -0.39 is 0 Å². The van der Waals surface area contributed by atoms with E-state index in [2.05, 4.69) is 42.5 Å². The molecule has 0 aliphatic carbocycles. The molecule has 20 heavy (non-hydrogen) atoms. The Bertz CT molecular complexity index is 656. The summed E-state index contributed by atoms with van der Waals surface area (Å²) in [6.07, 6.45) is 0. The van der Waals surface area contributed by atoms with Gasteiger partial charge in [0, 0.05) is 14.6 Å². The van der Waals surface area contributed by atoms with Crippen molar-refractivity contribution in [2.75, 3.05) is 10.6 Å². The summed E-state index contributed by atoms with van der Waals surface area (Å²) >= 11 is 6.88. The molecule has 0 aliphatic rings. The van der Waals surface area contributed by atoms with Crippen LogP contribution in [0.2, 0.25) is 0 Å². The van der Waals surface area contributed by atoms with Crippen molar-refractivity contribution in [3.05, 3.63) is 56.5 Å². The lowest BCUT2D eigenvalue weighted by Gasteiger charge is -2.10. The maximum atomic E-state index is 12.0. The first-order valence-electron chi connectivity index (χ1n) is 6.06. The van der Waals surface area contributed by atoms with Crippen molar-refractivity contribution in [1.82, 2.24) is 0 Å². The minimum atomic E-state index is -0.273. The number of aryl methyl sites for hydroxylation is 2. The lowest BCUT2D eigenvalue weighted by atomic mass is 10.2. The third-order valence-corrected chi connectivity index (χ3v) is 4.31. The molecule has 5 heteroatoms. The molecule has 0 aromatic heterocycles. The van der Waals surface area contributed by atoms with E-state index in [-0.39, 0.29) is 6.03 Å². The quantitative estimate of drug-likeness (QED) is 0.692. The fraction of sp³-hybridized carbons (Fsp3) is 0.133. The van der Waals surface area contributed by atoms with E-state index in [1.807, 2.05) is 50.2 Å². The monoisotopic (exact) mass is 396 g/mol. The minimum Gasteiger partial charge on any atom is -0.308 e. The van der Waals surface area contributed by atoms with E-state index in [4.69, 9.17) is 0 Å². The number of hydrogen-bond acceptors (Lipinski definition) is 1. The fourth-order valence-electron chi connectivity index (χ4n) is 1.68. The summed E-state index contributed by atoms with van der Waals surface area (Å²) in [6.45, 7) is 4.00. The first-order chi connectivity index (χ1) is 9.45. The van der Waals surface area contributed by atoms with Crippen LogP contribution >= 0.6 is 31.9 Å². The van der Waals surface area contributed by atoms with Crippen molar-refractivity contribution in [1.29, 1.82) is 0 Å². The zero-order valence-corrected chi connectivity index (χ0v) is 14.3. The van der Waals surface area contributed by atoms with Gasteiger partial charge < -0.3 is 10.6 Å². The van der Waals surface area contributed by atoms with Crippen molar-refractivity contribution in [2.24, 2.45) is 0 Å². The van der Waals surface area contributed by atoms with Crippen LogP contribution in [0, 0.1) is 13.8 Å². The molecule has 0 spiro atoms. The highest BCUT2D eigenvalue weighted by Gasteiger charge is 2.06. The maximum absolute atomic E-state index is 12.0. The number of carbonyl (C=O) groups is 1. The molecule has 0 saturated carbocycles. The van der Waals surface area contributed by atoms with E-state index in [1.54, 1.807) is 0 Å². The molecule has 0 atom stereocenters. The van der Waals surface area contributed by atoms with Gasteiger partial charge in [-0.25, -0.2) is 4.79 Å². The van der Waals surface area contributed by atoms with Crippen LogP contribution < -0.4 is 10.6 Å². The molecular formula is C15H14Br2N2O. The van der Waals surface area contributed by atoms with Gasteiger partial charge in [0.25, 0.3) is 0 Å². The average Bonchev–Trinajstić information content (AvgIpc) is 2.37. The third-order valence-electron chi connectivity index (χ3n) is 2.80. The molecule has 2 rings (SSSR count). The Labute approximate surface area is 135 Å². The van der Waals surface area contributed by atoms with Gasteiger partial charge in [-0.05, 0) is 65.2 Å². The molecule has 104 valence electrons. The van der Waals surface area contributed by atoms with Gasteiger partial charge in [0.15, 0.2) is 0 Å². The van der Waals surface area contributed by atoms with Gasteiger partial charge in [-0.2, -0.15) is 0 Å². The van der Waals surface area contributed by atoms with Crippen molar-refractivity contribution in [2.45, 2.75) is 13.8 Å². The van der Waals surface area contributed by atoms with Crippen LogP contribution in [-0.4, -0.2) is 6.03 Å². The van der Waals surface area contributed by atoms with E-state index in [9.17, 15) is 4.79 Å². The summed E-state index contributed by atoms with van der Waals surface area (Å²) in [5.41, 5.74) is 3.73. The highest BCUT2D eigenvalue weighted by atomic mass is 79.9. The van der Waals surface area contributed by atoms with Gasteiger partial charge in [-0.3, -0.25) is 0 Å². The highest BCUT2D eigenvalue weighted by molar-refractivity contribution is 9.10. The molecule has 2 aromatic carbocycles. The summed E-state index contributed by atoms with van der Waals surface area (Å²) in [4.78, 5) is 12.0. The van der Waals surface area contributed by atoms with Crippen molar-refractivity contribution in [3.63, 3.8) is 0 Å². The maximum Gasteiger partial charge on any atom is 0.323 e. The lowest BCUT2D eigenvalue weighted by Crippen LogP contribution is -2.19. The average molecular weight is 398 g/mol. The zero-order valence-electron chi connectivity index (χ0n) is 11.1. The molecular weight excluding hydrogens is 384 g/mol. The number of hydrogen-bond donors (Lipinski definition) is 2. The number of urea groups is 1. The topological polar surface area (TPSA) is 41.1 Å². The van der Waals surface area contributed by atoms with Crippen LogP contribution in [-0.2, 0) is 0 Å². The molecule has 0 radical (unpaired) electrons. The van der Waals surface area contributed by atoms with E-state index in [0.29, 0.717) is 0 Å². The molecule has 0 unspecified atom stereocenters. The largest absolute Gasteiger partial charge is 0.323 e. The standard InChI is InChI=1S/C15H14Br2N2O/c1-9-3-6-14(13(17)7-9)19-15(20)18-11-5-4-10(2)12(16)8-11/h3-8H,1-2H3,(H2,18,19,20). The van der Waals surface area contributed by atoms with Crippen molar-refractivity contribution in [3.8, 4) is 0 Å². The smallest absolute Gasteiger partial charge is 0.308 e. The van der Waals surface area contributed by atoms with Crippen molar-refractivity contribution >= 4 is 49.3 Å². The number of rotatable bonds is 2. The van der Waals surface area contributed by atoms with Crippen LogP contribution in [0.25, 0.3) is 0 Å². The lowest BCUT2D eigenvalue weighted by molar-refractivity contribution is 0.262. The SMILES string of the molecule is Cc1ccc(NC(=O)Nc2ccc(C)c(Br)c2)c(Br)c1. The number of amides is 2. The fourth-order valence-corrected chi connectivity index (χ4v) is 2.65. The molecule has 0 bridgehead atoms. The van der Waals surface area contributed by atoms with Crippen LogP contribution in [0.1, 0.15) is 11.1 Å². The number of anilines is 2. The Balaban J connectivity index is 2.07. The van der Waals surface area contributed by atoms with Crippen LogP contribution in [0.15, 0.2) is 45.3 Å². The Morgan fingerprint density at radius 1 is 0.950 bits per heavy atom. The summed E-state index contributed by atoms with van der Waals surface area (Å²) in [5, 5.41) is 5.61. The van der Waals surface area contributed by atoms with E-state index in [0.717, 1.165) is 31.4 Å². The first kappa shape index (κ1) is 15.1. The van der Waals surface area contributed by atoms with Gasteiger partial charge in [0.2, 0.25) is 0 Å². The predicted octanol–water partition coefficient (Wildman–Crippen LogP) is 5.47. The molecule has 2 aromatic rings. The summed E-state index contributed by atoms with van der Waals surface area (Å²) in [6, 6.07) is 11.2. The summed E-state index contributed by atoms with van der Waals surface area (Å²) in [5.74, 6) is 0. The normalized spacial score (nSPS) is 10.2. The van der Waals surface area contributed by atoms with E-state index in [1.165, 1.54) is 0 Å². The van der Waals surface area contributed by atoms with E-state index >= 15 is 0 Å². The number of carbonyl (C=O) groups excluding carboxylic acids is 1. The molecule has 2 N–H and O–H groups in total. The minimum absolute atomic E-state index is 0.273. The molecule has 0 fully saturated rings. The highest BCUT2D eigenvalue weighted by Crippen LogP contribution is 2.24. The van der Waals surface area contributed by atoms with Gasteiger partial charge >= 0.3 is 6.03 Å². The number of benzene rings is 2. The van der Waals surface area contributed by atoms with Crippen LogP contribution in [0.5, 0.6) is 0 Å². The second kappa shape index (κ2) is 6.41. The molecule has 0 heterocycles. The van der Waals surface area contributed by atoms with Gasteiger partial charge in [0.05, 0.1) is 5.69 Å². The molecule has 0 aliphatic heterocycles. The molecule has 2 amide bonds. The second-order valence-electron chi connectivity index (χ2n) is 4.53. The number of nitrogens with one attached hydrogen (secondary N) is 2. The first-order valence-corrected chi connectivity index (χ1v) is 7.64. The Hall–Kier alpha value is -1.33. The van der Waals surface area contributed by atoms with Crippen LogP contribution in [0.4, 0.5) is 16.2 Å². The zero-order chi connectivity index (χ0) is 14.7. The Morgan fingerprint density at radius 3 is 2.35 bits per heavy atom.